The molecule has 5 nitrogen and oxygen atoms in total. The Kier molecular flexibility index (Phi) is 3.86. The van der Waals surface area contributed by atoms with Gasteiger partial charge >= 0.3 is 0 Å². The number of halogens is 2. The maximum atomic E-state index is 13.0. The number of rotatable bonds is 2. The van der Waals surface area contributed by atoms with Crippen molar-refractivity contribution in [2.24, 2.45) is 0 Å². The molecule has 138 valence electrons. The number of carbonyl (C=O) groups is 2. The van der Waals surface area contributed by atoms with E-state index in [0.29, 0.717) is 11.1 Å². The van der Waals surface area contributed by atoms with Crippen LogP contribution >= 0.6 is 31.9 Å². The van der Waals surface area contributed by atoms with Crippen molar-refractivity contribution in [3.63, 3.8) is 0 Å². The first-order valence-corrected chi connectivity index (χ1v) is 10.1. The molecular formula is C21H13Br2N3O2. The van der Waals surface area contributed by atoms with Gasteiger partial charge < -0.3 is 9.97 Å². The molecule has 1 aliphatic heterocycles. The molecule has 0 bridgehead atoms. The van der Waals surface area contributed by atoms with E-state index >= 15 is 0 Å². The summed E-state index contributed by atoms with van der Waals surface area (Å²) in [5.74, 6) is -0.592. The van der Waals surface area contributed by atoms with Gasteiger partial charge in [0.2, 0.25) is 0 Å². The zero-order valence-corrected chi connectivity index (χ0v) is 17.8. The van der Waals surface area contributed by atoms with Gasteiger partial charge in [0.1, 0.15) is 0 Å². The number of imide groups is 1. The molecule has 0 unspecified atom stereocenters. The Balaban J connectivity index is 1.83. The lowest BCUT2D eigenvalue weighted by molar-refractivity contribution is -0.134. The van der Waals surface area contributed by atoms with Crippen LogP contribution < -0.4 is 0 Å². The van der Waals surface area contributed by atoms with E-state index in [9.17, 15) is 9.59 Å². The molecule has 0 atom stereocenters. The molecule has 2 N–H and O–H groups in total. The smallest absolute Gasteiger partial charge is 0.261 e. The van der Waals surface area contributed by atoms with E-state index in [1.807, 2.05) is 36.4 Å². The minimum Gasteiger partial charge on any atom is -0.361 e. The van der Waals surface area contributed by atoms with Gasteiger partial charge in [-0.25, -0.2) is 0 Å². The predicted octanol–water partition coefficient (Wildman–Crippen LogP) is 5.08. The third-order valence-electron chi connectivity index (χ3n) is 5.11. The van der Waals surface area contributed by atoms with E-state index in [-0.39, 0.29) is 11.8 Å². The number of likely N-dealkylation sites (N-methyl/N-ethyl adjacent to an activating group) is 1. The molecule has 0 saturated heterocycles. The van der Waals surface area contributed by atoms with Crippen LogP contribution in [-0.4, -0.2) is 33.7 Å². The molecule has 0 spiro atoms. The monoisotopic (exact) mass is 497 g/mol. The Morgan fingerprint density at radius 1 is 0.750 bits per heavy atom. The lowest BCUT2D eigenvalue weighted by Crippen LogP contribution is -2.26. The molecular weight excluding hydrogens is 486 g/mol. The van der Waals surface area contributed by atoms with Crippen LogP contribution in [0.1, 0.15) is 11.1 Å². The summed E-state index contributed by atoms with van der Waals surface area (Å²) in [5.41, 5.74) is 4.09. The van der Waals surface area contributed by atoms with Gasteiger partial charge in [0.05, 0.1) is 11.1 Å². The maximum Gasteiger partial charge on any atom is 0.261 e. The number of hydrogen-bond acceptors (Lipinski definition) is 2. The Hall–Kier alpha value is -2.64. The van der Waals surface area contributed by atoms with Crippen molar-refractivity contribution in [1.29, 1.82) is 0 Å². The maximum absolute atomic E-state index is 13.0. The first-order chi connectivity index (χ1) is 13.5. The van der Waals surface area contributed by atoms with Crippen LogP contribution in [0.4, 0.5) is 0 Å². The summed E-state index contributed by atoms with van der Waals surface area (Å²) < 4.78 is 1.88. The SMILES string of the molecule is CN1C(=O)C(c2c[nH]c3cc(Br)ccc23)=C(c2c[nH]c3cc(Br)ccc23)C1=O. The molecule has 0 saturated carbocycles. The van der Waals surface area contributed by atoms with Crippen LogP contribution in [0.5, 0.6) is 0 Å². The summed E-state index contributed by atoms with van der Waals surface area (Å²) in [4.78, 5) is 33.6. The fourth-order valence-corrected chi connectivity index (χ4v) is 4.47. The molecule has 2 aromatic carbocycles. The second-order valence-electron chi connectivity index (χ2n) is 6.70. The average molecular weight is 499 g/mol. The van der Waals surface area contributed by atoms with Gasteiger partial charge in [-0.2, -0.15) is 0 Å². The molecule has 2 amide bonds. The topological polar surface area (TPSA) is 69.0 Å². The predicted molar refractivity (Wildman–Crippen MR) is 117 cm³/mol. The molecule has 4 aromatic rings. The highest BCUT2D eigenvalue weighted by Gasteiger charge is 2.39. The second-order valence-corrected chi connectivity index (χ2v) is 8.54. The fraction of sp³-hybridized carbons (Fsp3) is 0.0476. The molecule has 0 radical (unpaired) electrons. The molecule has 0 fully saturated rings. The number of amides is 2. The van der Waals surface area contributed by atoms with Crippen LogP contribution in [0, 0.1) is 0 Å². The summed E-state index contributed by atoms with van der Waals surface area (Å²) in [5, 5.41) is 1.80. The van der Waals surface area contributed by atoms with Gasteiger partial charge in [-0.05, 0) is 24.3 Å². The van der Waals surface area contributed by atoms with E-state index in [4.69, 9.17) is 0 Å². The molecule has 28 heavy (non-hydrogen) atoms. The van der Waals surface area contributed by atoms with Gasteiger partial charge in [-0.15, -0.1) is 0 Å². The minimum absolute atomic E-state index is 0.296. The number of fused-ring (bicyclic) bond motifs is 2. The number of aromatic nitrogens is 2. The Morgan fingerprint density at radius 2 is 1.18 bits per heavy atom. The number of nitrogens with zero attached hydrogens (tertiary/aromatic N) is 1. The van der Waals surface area contributed by atoms with Gasteiger partial charge in [-0.1, -0.05) is 44.0 Å². The molecule has 1 aliphatic rings. The van der Waals surface area contributed by atoms with Crippen molar-refractivity contribution in [1.82, 2.24) is 14.9 Å². The van der Waals surface area contributed by atoms with Crippen molar-refractivity contribution in [3.8, 4) is 0 Å². The van der Waals surface area contributed by atoms with Gasteiger partial charge in [-0.3, -0.25) is 14.5 Å². The summed E-state index contributed by atoms with van der Waals surface area (Å²) in [7, 11) is 1.52. The number of benzene rings is 2. The first-order valence-electron chi connectivity index (χ1n) is 8.56. The van der Waals surface area contributed by atoms with E-state index in [0.717, 1.165) is 41.9 Å². The second kappa shape index (κ2) is 6.18. The Morgan fingerprint density at radius 3 is 1.61 bits per heavy atom. The highest BCUT2D eigenvalue weighted by molar-refractivity contribution is 9.10. The standard InChI is InChI=1S/C21H13Br2N3O2/c1-26-20(27)18(14-8-24-16-6-10(22)2-4-12(14)16)19(21(26)28)15-9-25-17-7-11(23)3-5-13(15)17/h2-9,24-25H,1H3. The zero-order valence-electron chi connectivity index (χ0n) is 14.6. The van der Waals surface area contributed by atoms with Crippen LogP contribution in [0.2, 0.25) is 0 Å². The highest BCUT2D eigenvalue weighted by atomic mass is 79.9. The van der Waals surface area contributed by atoms with Crippen molar-refractivity contribution in [2.45, 2.75) is 0 Å². The lowest BCUT2D eigenvalue weighted by Gasteiger charge is -2.06. The summed E-state index contributed by atoms with van der Waals surface area (Å²) in [6.45, 7) is 0. The minimum atomic E-state index is -0.296. The highest BCUT2D eigenvalue weighted by Crippen LogP contribution is 2.40. The summed E-state index contributed by atoms with van der Waals surface area (Å²) >= 11 is 6.93. The Labute approximate surface area is 176 Å². The van der Waals surface area contributed by atoms with Crippen LogP contribution in [0.3, 0.4) is 0 Å². The number of hydrogen-bond donors (Lipinski definition) is 2. The van der Waals surface area contributed by atoms with Crippen molar-refractivity contribution >= 4 is 76.6 Å². The molecule has 3 heterocycles. The third-order valence-corrected chi connectivity index (χ3v) is 6.10. The van der Waals surface area contributed by atoms with Crippen molar-refractivity contribution < 1.29 is 9.59 Å². The summed E-state index contributed by atoms with van der Waals surface area (Å²) in [6, 6.07) is 11.6. The van der Waals surface area contributed by atoms with Gasteiger partial charge in [0.25, 0.3) is 11.8 Å². The number of H-pyrrole nitrogens is 2. The van der Waals surface area contributed by atoms with Crippen LogP contribution in [0.15, 0.2) is 57.7 Å². The Bertz CT molecular complexity index is 1240. The van der Waals surface area contributed by atoms with E-state index in [1.165, 1.54) is 11.9 Å². The molecule has 7 heteroatoms. The molecule has 0 aliphatic carbocycles. The average Bonchev–Trinajstić information content (AvgIpc) is 3.32. The molecule has 2 aromatic heterocycles. The largest absolute Gasteiger partial charge is 0.361 e. The van der Waals surface area contributed by atoms with Crippen LogP contribution in [-0.2, 0) is 9.59 Å². The molecule has 5 rings (SSSR count). The quantitative estimate of drug-likeness (QED) is 0.378. The lowest BCUT2D eigenvalue weighted by atomic mass is 9.95. The van der Waals surface area contributed by atoms with E-state index in [2.05, 4.69) is 41.8 Å². The zero-order chi connectivity index (χ0) is 19.6. The van der Waals surface area contributed by atoms with Crippen LogP contribution in [0.25, 0.3) is 33.0 Å². The number of nitrogens with one attached hydrogen (secondary N) is 2. The van der Waals surface area contributed by atoms with E-state index < -0.39 is 0 Å². The number of carbonyl (C=O) groups excluding carboxylic acids is 2. The third kappa shape index (κ3) is 2.43. The fourth-order valence-electron chi connectivity index (χ4n) is 3.75. The van der Waals surface area contributed by atoms with Gasteiger partial charge in [0.15, 0.2) is 0 Å². The summed E-state index contributed by atoms with van der Waals surface area (Å²) in [6.07, 6.45) is 3.59. The first kappa shape index (κ1) is 17.5. The van der Waals surface area contributed by atoms with Gasteiger partial charge in [0, 0.05) is 61.3 Å². The normalized spacial score (nSPS) is 14.9. The van der Waals surface area contributed by atoms with Crippen molar-refractivity contribution in [2.75, 3.05) is 7.05 Å². The van der Waals surface area contributed by atoms with E-state index in [1.54, 1.807) is 12.4 Å². The van der Waals surface area contributed by atoms with Crippen molar-refractivity contribution in [3.05, 3.63) is 68.9 Å². The number of aromatic amines is 2.